The average molecular weight is 190 g/mol. The average Bonchev–Trinajstić information content (AvgIpc) is 2.66. The van der Waals surface area contributed by atoms with Crippen LogP contribution in [0.2, 0.25) is 0 Å². The first kappa shape index (κ1) is 6.97. The van der Waals surface area contributed by atoms with Crippen molar-refractivity contribution in [2.45, 2.75) is 0 Å². The summed E-state index contributed by atoms with van der Waals surface area (Å²) >= 11 is 1.62. The first-order valence-electron chi connectivity index (χ1n) is 3.92. The molecule has 3 rings (SSSR count). The van der Waals surface area contributed by atoms with Gasteiger partial charge in [0.2, 0.25) is 0 Å². The standard InChI is InChI=1S/C10H6O2S/c11-8-5-9-6(2-4-13-9)7-1-3-12-10(7)8/h1-5,11H. The monoisotopic (exact) mass is 190 g/mol. The van der Waals surface area contributed by atoms with E-state index in [0.717, 1.165) is 15.5 Å². The Morgan fingerprint density at radius 1 is 1.23 bits per heavy atom. The fourth-order valence-corrected chi connectivity index (χ4v) is 2.40. The number of hydrogen-bond donors (Lipinski definition) is 1. The summed E-state index contributed by atoms with van der Waals surface area (Å²) in [5.41, 5.74) is 0.575. The molecule has 0 atom stereocenters. The van der Waals surface area contributed by atoms with E-state index >= 15 is 0 Å². The topological polar surface area (TPSA) is 33.4 Å². The Hall–Kier alpha value is -1.48. The van der Waals surface area contributed by atoms with Gasteiger partial charge < -0.3 is 9.52 Å². The molecule has 1 aromatic carbocycles. The summed E-state index contributed by atoms with van der Waals surface area (Å²) in [6.45, 7) is 0. The maximum atomic E-state index is 9.59. The number of hydrogen-bond acceptors (Lipinski definition) is 3. The van der Waals surface area contributed by atoms with Crippen molar-refractivity contribution in [1.29, 1.82) is 0 Å². The second-order valence-electron chi connectivity index (χ2n) is 2.89. The van der Waals surface area contributed by atoms with E-state index in [-0.39, 0.29) is 5.75 Å². The van der Waals surface area contributed by atoms with Crippen LogP contribution in [-0.2, 0) is 0 Å². The van der Waals surface area contributed by atoms with Crippen LogP contribution in [0.25, 0.3) is 21.1 Å². The lowest BCUT2D eigenvalue weighted by atomic mass is 10.2. The Morgan fingerprint density at radius 3 is 3.08 bits per heavy atom. The number of fused-ring (bicyclic) bond motifs is 3. The van der Waals surface area contributed by atoms with E-state index in [0.29, 0.717) is 5.58 Å². The number of phenolic OH excluding ortho intramolecular Hbond substituents is 1. The van der Waals surface area contributed by atoms with Gasteiger partial charge in [-0.2, -0.15) is 0 Å². The molecule has 2 nitrogen and oxygen atoms in total. The molecule has 0 aliphatic carbocycles. The largest absolute Gasteiger partial charge is 0.504 e. The number of furan rings is 1. The van der Waals surface area contributed by atoms with E-state index in [1.807, 2.05) is 17.5 Å². The van der Waals surface area contributed by atoms with Crippen molar-refractivity contribution in [2.75, 3.05) is 0 Å². The Balaban J connectivity index is 2.70. The fourth-order valence-electron chi connectivity index (χ4n) is 1.56. The van der Waals surface area contributed by atoms with Crippen molar-refractivity contribution in [3.8, 4) is 5.75 Å². The molecule has 2 heterocycles. The van der Waals surface area contributed by atoms with E-state index in [2.05, 4.69) is 0 Å². The molecule has 0 spiro atoms. The molecule has 3 aromatic rings. The third kappa shape index (κ3) is 0.820. The fraction of sp³-hybridized carbons (Fsp3) is 0. The molecule has 3 heteroatoms. The molecule has 0 aliphatic heterocycles. The van der Waals surface area contributed by atoms with Gasteiger partial charge in [0.1, 0.15) is 0 Å². The second-order valence-corrected chi connectivity index (χ2v) is 3.84. The molecule has 0 bridgehead atoms. The number of aromatic hydroxyl groups is 1. The van der Waals surface area contributed by atoms with Crippen LogP contribution >= 0.6 is 11.3 Å². The molecule has 0 saturated carbocycles. The van der Waals surface area contributed by atoms with Crippen LogP contribution in [0.15, 0.2) is 34.3 Å². The predicted octanol–water partition coefficient (Wildman–Crippen LogP) is 3.35. The quantitative estimate of drug-likeness (QED) is 0.589. The zero-order valence-corrected chi connectivity index (χ0v) is 7.47. The Bertz CT molecular complexity index is 577. The highest BCUT2D eigenvalue weighted by Gasteiger charge is 2.08. The molecule has 13 heavy (non-hydrogen) atoms. The van der Waals surface area contributed by atoms with Crippen molar-refractivity contribution in [3.63, 3.8) is 0 Å². The zero-order chi connectivity index (χ0) is 8.84. The molecular weight excluding hydrogens is 184 g/mol. The van der Waals surface area contributed by atoms with E-state index in [1.165, 1.54) is 0 Å². The van der Waals surface area contributed by atoms with Crippen LogP contribution in [0.4, 0.5) is 0 Å². The first-order valence-corrected chi connectivity index (χ1v) is 4.80. The Kier molecular flexibility index (Phi) is 1.21. The smallest absolute Gasteiger partial charge is 0.176 e. The first-order chi connectivity index (χ1) is 6.36. The summed E-state index contributed by atoms with van der Waals surface area (Å²) < 4.78 is 6.27. The molecule has 64 valence electrons. The molecule has 2 aromatic heterocycles. The summed E-state index contributed by atoms with van der Waals surface area (Å²) in [6.07, 6.45) is 1.60. The minimum Gasteiger partial charge on any atom is -0.504 e. The Labute approximate surface area is 78.0 Å². The predicted molar refractivity (Wildman–Crippen MR) is 53.3 cm³/mol. The van der Waals surface area contributed by atoms with Crippen molar-refractivity contribution in [1.82, 2.24) is 0 Å². The van der Waals surface area contributed by atoms with E-state index in [4.69, 9.17) is 4.42 Å². The van der Waals surface area contributed by atoms with Crippen LogP contribution in [0.1, 0.15) is 0 Å². The normalized spacial score (nSPS) is 11.4. The molecule has 0 fully saturated rings. The summed E-state index contributed by atoms with van der Waals surface area (Å²) in [5, 5.41) is 13.7. The van der Waals surface area contributed by atoms with Crippen molar-refractivity contribution >= 4 is 32.4 Å². The zero-order valence-electron chi connectivity index (χ0n) is 6.65. The minimum atomic E-state index is 0.218. The van der Waals surface area contributed by atoms with Crippen molar-refractivity contribution < 1.29 is 9.52 Å². The Morgan fingerprint density at radius 2 is 2.15 bits per heavy atom. The summed E-state index contributed by atoms with van der Waals surface area (Å²) in [7, 11) is 0. The van der Waals surface area contributed by atoms with Crippen molar-refractivity contribution in [3.05, 3.63) is 29.8 Å². The van der Waals surface area contributed by atoms with Gasteiger partial charge in [-0.15, -0.1) is 11.3 Å². The molecule has 1 N–H and O–H groups in total. The molecule has 0 aliphatic rings. The van der Waals surface area contributed by atoms with E-state index in [9.17, 15) is 5.11 Å². The maximum absolute atomic E-state index is 9.59. The number of benzene rings is 1. The van der Waals surface area contributed by atoms with Gasteiger partial charge in [-0.1, -0.05) is 0 Å². The van der Waals surface area contributed by atoms with Gasteiger partial charge in [-0.3, -0.25) is 0 Å². The molecule has 0 radical (unpaired) electrons. The number of phenols is 1. The number of thiophene rings is 1. The summed E-state index contributed by atoms with van der Waals surface area (Å²) in [6, 6.07) is 5.66. The van der Waals surface area contributed by atoms with Crippen LogP contribution < -0.4 is 0 Å². The summed E-state index contributed by atoms with van der Waals surface area (Å²) in [5.74, 6) is 0.218. The second kappa shape index (κ2) is 2.26. The lowest BCUT2D eigenvalue weighted by Gasteiger charge is -1.94. The molecule has 0 unspecified atom stereocenters. The lowest BCUT2D eigenvalue weighted by Crippen LogP contribution is -1.68. The van der Waals surface area contributed by atoms with Gasteiger partial charge in [0.05, 0.1) is 6.26 Å². The van der Waals surface area contributed by atoms with Crippen LogP contribution in [-0.4, -0.2) is 5.11 Å². The third-order valence-electron chi connectivity index (χ3n) is 2.15. The van der Waals surface area contributed by atoms with Gasteiger partial charge in [0.15, 0.2) is 11.3 Å². The third-order valence-corrected chi connectivity index (χ3v) is 3.01. The maximum Gasteiger partial charge on any atom is 0.176 e. The van der Waals surface area contributed by atoms with Gasteiger partial charge in [0, 0.05) is 21.5 Å². The van der Waals surface area contributed by atoms with E-state index < -0.39 is 0 Å². The van der Waals surface area contributed by atoms with Crippen molar-refractivity contribution in [2.24, 2.45) is 0 Å². The molecule has 0 saturated heterocycles. The highest BCUT2D eigenvalue weighted by molar-refractivity contribution is 7.17. The SMILES string of the molecule is Oc1cc2sccc2c2ccoc12. The minimum absolute atomic E-state index is 0.218. The molecular formula is C10H6O2S. The van der Waals surface area contributed by atoms with Gasteiger partial charge in [-0.05, 0) is 17.5 Å². The summed E-state index contributed by atoms with van der Waals surface area (Å²) in [4.78, 5) is 0. The molecule has 0 amide bonds. The van der Waals surface area contributed by atoms with Crippen LogP contribution in [0.3, 0.4) is 0 Å². The van der Waals surface area contributed by atoms with E-state index in [1.54, 1.807) is 23.7 Å². The van der Waals surface area contributed by atoms with Crippen LogP contribution in [0.5, 0.6) is 5.75 Å². The van der Waals surface area contributed by atoms with Gasteiger partial charge >= 0.3 is 0 Å². The van der Waals surface area contributed by atoms with Gasteiger partial charge in [-0.25, -0.2) is 0 Å². The van der Waals surface area contributed by atoms with Gasteiger partial charge in [0.25, 0.3) is 0 Å². The highest BCUT2D eigenvalue weighted by atomic mass is 32.1. The highest BCUT2D eigenvalue weighted by Crippen LogP contribution is 2.35. The van der Waals surface area contributed by atoms with Crippen LogP contribution in [0, 0.1) is 0 Å². The number of rotatable bonds is 0. The lowest BCUT2D eigenvalue weighted by molar-refractivity contribution is 0.466.